The van der Waals surface area contributed by atoms with Gasteiger partial charge in [-0.15, -0.1) is 0 Å². The Bertz CT molecular complexity index is 516. The molecule has 1 aromatic rings. The number of nitrogens with zero attached hydrogens (tertiary/aromatic N) is 1. The molecule has 0 radical (unpaired) electrons. The molecule has 0 fully saturated rings. The number of phenols is 1. The Balaban J connectivity index is 3.68. The van der Waals surface area contributed by atoms with Gasteiger partial charge in [-0.05, 0) is 6.07 Å². The van der Waals surface area contributed by atoms with Gasteiger partial charge >= 0.3 is 15.9 Å². The average Bonchev–Trinajstić information content (AvgIpc) is 2.04. The SMILES string of the molecule is O=[N+]([O-])c1cc(S(F)(F)(F)(F)F)cc(Cl)c1O. The Labute approximate surface area is 95.5 Å². The lowest BCUT2D eigenvalue weighted by Crippen LogP contribution is -2.06. The third kappa shape index (κ3) is 2.88. The van der Waals surface area contributed by atoms with Crippen LogP contribution in [-0.2, 0) is 0 Å². The number of aromatic hydroxyl groups is 1. The van der Waals surface area contributed by atoms with Crippen molar-refractivity contribution in [2.24, 2.45) is 0 Å². The van der Waals surface area contributed by atoms with Gasteiger partial charge in [0.25, 0.3) is 0 Å². The Morgan fingerprint density at radius 3 is 2.06 bits per heavy atom. The molecule has 0 heterocycles. The lowest BCUT2D eigenvalue weighted by molar-refractivity contribution is -0.386. The number of phenolic OH excluding ortho intramolecular Hbond substituents is 1. The van der Waals surface area contributed by atoms with E-state index in [1.54, 1.807) is 0 Å². The fraction of sp³-hybridized carbons (Fsp3) is 0. The predicted octanol–water partition coefficient (Wildman–Crippen LogP) is 4.61. The second-order valence-corrected chi connectivity index (χ2v) is 5.82. The Morgan fingerprint density at radius 2 is 1.71 bits per heavy atom. The van der Waals surface area contributed by atoms with Gasteiger partial charge in [0.05, 0.1) is 9.95 Å². The summed E-state index contributed by atoms with van der Waals surface area (Å²) in [7, 11) is -10.1. The molecule has 1 N–H and O–H groups in total. The molecular weight excluding hydrogens is 297 g/mol. The van der Waals surface area contributed by atoms with Gasteiger partial charge in [0.2, 0.25) is 5.75 Å². The number of rotatable bonds is 2. The van der Waals surface area contributed by atoms with E-state index in [0.717, 1.165) is 0 Å². The molecule has 0 aromatic heterocycles. The molecule has 0 bridgehead atoms. The zero-order valence-electron chi connectivity index (χ0n) is 7.54. The topological polar surface area (TPSA) is 63.4 Å². The third-order valence-corrected chi connectivity index (χ3v) is 3.07. The summed E-state index contributed by atoms with van der Waals surface area (Å²) in [5, 5.41) is 18.0. The minimum atomic E-state index is -10.1. The first kappa shape index (κ1) is 13.8. The molecule has 0 amide bonds. The van der Waals surface area contributed by atoms with Gasteiger partial charge in [-0.3, -0.25) is 10.1 Å². The van der Waals surface area contributed by atoms with Gasteiger partial charge in [0.15, 0.2) is 0 Å². The first-order valence-electron chi connectivity index (χ1n) is 3.63. The van der Waals surface area contributed by atoms with E-state index in [9.17, 15) is 29.5 Å². The lowest BCUT2D eigenvalue weighted by atomic mass is 10.3. The highest BCUT2D eigenvalue weighted by Gasteiger charge is 2.66. The molecular formula is C6H3ClF5NO3S. The average molecular weight is 300 g/mol. The number of hydrogen-bond acceptors (Lipinski definition) is 3. The Kier molecular flexibility index (Phi) is 2.38. The largest absolute Gasteiger partial charge is 0.501 e. The quantitative estimate of drug-likeness (QED) is 0.492. The molecule has 0 spiro atoms. The molecule has 0 aliphatic heterocycles. The van der Waals surface area contributed by atoms with Crippen LogP contribution in [0.1, 0.15) is 0 Å². The minimum absolute atomic E-state index is 0.258. The van der Waals surface area contributed by atoms with Crippen molar-refractivity contribution in [3.8, 4) is 5.75 Å². The fourth-order valence-corrected chi connectivity index (χ4v) is 1.88. The third-order valence-electron chi connectivity index (χ3n) is 1.66. The summed E-state index contributed by atoms with van der Waals surface area (Å²) in [6.45, 7) is 0. The molecule has 0 aliphatic rings. The van der Waals surface area contributed by atoms with Crippen molar-refractivity contribution in [1.29, 1.82) is 0 Å². The Morgan fingerprint density at radius 1 is 1.24 bits per heavy atom. The molecule has 0 saturated carbocycles. The standard InChI is InChI=1S/C6H3ClF5NO3S/c7-4-1-3(17(8,9,10,11)12)2-5(6(4)14)13(15)16/h1-2,14H. The van der Waals surface area contributed by atoms with E-state index >= 15 is 0 Å². The summed E-state index contributed by atoms with van der Waals surface area (Å²) in [5.74, 6) is -1.30. The van der Waals surface area contributed by atoms with Crippen molar-refractivity contribution in [2.75, 3.05) is 0 Å². The van der Waals surface area contributed by atoms with Crippen molar-refractivity contribution < 1.29 is 29.5 Å². The van der Waals surface area contributed by atoms with E-state index in [0.29, 0.717) is 0 Å². The highest BCUT2D eigenvalue weighted by atomic mass is 35.5. The molecule has 1 aromatic carbocycles. The van der Waals surface area contributed by atoms with Crippen LogP contribution >= 0.6 is 21.8 Å². The summed E-state index contributed by atoms with van der Waals surface area (Å²) >= 11 is 5.02. The molecule has 0 aliphatic carbocycles. The summed E-state index contributed by atoms with van der Waals surface area (Å²) in [6.07, 6.45) is 0. The molecule has 11 heteroatoms. The molecule has 17 heavy (non-hydrogen) atoms. The maximum absolute atomic E-state index is 12.3. The summed E-state index contributed by atoms with van der Waals surface area (Å²) in [5.41, 5.74) is -1.54. The normalized spacial score (nSPS) is 16.1. The van der Waals surface area contributed by atoms with E-state index in [4.69, 9.17) is 16.7 Å². The van der Waals surface area contributed by atoms with Crippen LogP contribution in [0.3, 0.4) is 0 Å². The maximum Gasteiger partial charge on any atom is 0.313 e. The van der Waals surface area contributed by atoms with Crippen molar-refractivity contribution in [2.45, 2.75) is 4.90 Å². The number of hydrogen-bond donors (Lipinski definition) is 1. The van der Waals surface area contributed by atoms with Gasteiger partial charge in [-0.2, -0.15) is 0 Å². The fourth-order valence-electron chi connectivity index (χ4n) is 0.922. The molecule has 1 rings (SSSR count). The van der Waals surface area contributed by atoms with E-state index in [-0.39, 0.29) is 6.07 Å². The predicted molar refractivity (Wildman–Crippen MR) is 51.2 cm³/mol. The zero-order chi connectivity index (χ0) is 13.7. The van der Waals surface area contributed by atoms with Crippen molar-refractivity contribution in [3.05, 3.63) is 27.3 Å². The van der Waals surface area contributed by atoms with Crippen molar-refractivity contribution in [3.63, 3.8) is 0 Å². The minimum Gasteiger partial charge on any atom is -0.501 e. The second-order valence-electron chi connectivity index (χ2n) is 3.00. The number of halogens is 6. The number of nitro groups is 1. The van der Waals surface area contributed by atoms with Gasteiger partial charge < -0.3 is 5.11 Å². The first-order valence-corrected chi connectivity index (χ1v) is 5.96. The number of nitro benzene ring substituents is 1. The van der Waals surface area contributed by atoms with Crippen LogP contribution in [0, 0.1) is 10.1 Å². The molecule has 0 atom stereocenters. The zero-order valence-corrected chi connectivity index (χ0v) is 9.11. The van der Waals surface area contributed by atoms with Crippen molar-refractivity contribution in [1.82, 2.24) is 0 Å². The van der Waals surface area contributed by atoms with E-state index in [2.05, 4.69) is 0 Å². The molecule has 4 nitrogen and oxygen atoms in total. The molecule has 0 unspecified atom stereocenters. The summed E-state index contributed by atoms with van der Waals surface area (Å²) in [6, 6.07) is -0.714. The second kappa shape index (κ2) is 2.93. The smallest absolute Gasteiger partial charge is 0.313 e. The van der Waals surface area contributed by atoms with E-state index in [1.807, 2.05) is 0 Å². The van der Waals surface area contributed by atoms with Gasteiger partial charge in [0.1, 0.15) is 4.90 Å². The summed E-state index contributed by atoms with van der Waals surface area (Å²) in [4.78, 5) is 6.27. The van der Waals surface area contributed by atoms with Gasteiger partial charge in [-0.25, -0.2) is 0 Å². The highest BCUT2D eigenvalue weighted by molar-refractivity contribution is 8.45. The van der Waals surface area contributed by atoms with E-state index < -0.39 is 42.6 Å². The van der Waals surface area contributed by atoms with Crippen LogP contribution in [0.2, 0.25) is 5.02 Å². The van der Waals surface area contributed by atoms with Gasteiger partial charge in [0, 0.05) is 6.07 Å². The molecule has 98 valence electrons. The first-order chi connectivity index (χ1) is 7.22. The summed E-state index contributed by atoms with van der Waals surface area (Å²) < 4.78 is 61.7. The van der Waals surface area contributed by atoms with Crippen LogP contribution in [0.15, 0.2) is 17.0 Å². The Hall–Kier alpha value is -1.29. The van der Waals surface area contributed by atoms with Crippen molar-refractivity contribution >= 4 is 27.5 Å². The van der Waals surface area contributed by atoms with Crippen LogP contribution < -0.4 is 0 Å². The van der Waals surface area contributed by atoms with Crippen LogP contribution in [0.5, 0.6) is 5.75 Å². The molecule has 0 saturated heterocycles. The monoisotopic (exact) mass is 299 g/mol. The van der Waals surface area contributed by atoms with Crippen LogP contribution in [0.25, 0.3) is 0 Å². The van der Waals surface area contributed by atoms with Gasteiger partial charge in [-0.1, -0.05) is 31.0 Å². The highest BCUT2D eigenvalue weighted by Crippen LogP contribution is 3.02. The van der Waals surface area contributed by atoms with Crippen LogP contribution in [-0.4, -0.2) is 10.0 Å². The van der Waals surface area contributed by atoms with E-state index in [1.165, 1.54) is 0 Å². The number of benzene rings is 1. The van der Waals surface area contributed by atoms with Crippen LogP contribution in [0.4, 0.5) is 25.1 Å². The lowest BCUT2D eigenvalue weighted by Gasteiger charge is -2.40. The maximum atomic E-state index is 12.3.